The van der Waals surface area contributed by atoms with E-state index in [1.165, 1.54) is 11.8 Å². The average Bonchev–Trinajstić information content (AvgIpc) is 2.76. The second kappa shape index (κ2) is 10.5. The molecule has 0 aliphatic heterocycles. The molecule has 1 aromatic heterocycles. The van der Waals surface area contributed by atoms with Crippen LogP contribution in [0.5, 0.6) is 5.75 Å². The van der Waals surface area contributed by atoms with Gasteiger partial charge in [0.25, 0.3) is 5.56 Å². The van der Waals surface area contributed by atoms with Gasteiger partial charge in [-0.15, -0.1) is 0 Å². The standard InChI is InChI=1S/C23H27N3O4S/c1-15-10-11-20(30-4)19(14-15)24-21(27)16(2)31-23-25-18-9-6-5-8-17(18)22(28)26(23)12-7-13-29-3/h5-6,8-11,14,16H,7,12-13H2,1-4H3,(H,24,27). The summed E-state index contributed by atoms with van der Waals surface area (Å²) in [5, 5.41) is 3.52. The van der Waals surface area contributed by atoms with Gasteiger partial charge in [-0.3, -0.25) is 14.2 Å². The van der Waals surface area contributed by atoms with Crippen LogP contribution in [0.4, 0.5) is 5.69 Å². The molecule has 2 aromatic carbocycles. The van der Waals surface area contributed by atoms with Crippen LogP contribution in [0.15, 0.2) is 52.4 Å². The molecular formula is C23H27N3O4S. The highest BCUT2D eigenvalue weighted by Crippen LogP contribution is 2.28. The number of benzene rings is 2. The smallest absolute Gasteiger partial charge is 0.262 e. The number of methoxy groups -OCH3 is 2. The van der Waals surface area contributed by atoms with Gasteiger partial charge in [-0.25, -0.2) is 4.98 Å². The van der Waals surface area contributed by atoms with Gasteiger partial charge < -0.3 is 14.8 Å². The van der Waals surface area contributed by atoms with Gasteiger partial charge in [-0.05, 0) is 50.1 Å². The number of carbonyl (C=O) groups excluding carboxylic acids is 1. The molecule has 8 heteroatoms. The highest BCUT2D eigenvalue weighted by atomic mass is 32.2. The molecule has 0 aliphatic carbocycles. The summed E-state index contributed by atoms with van der Waals surface area (Å²) in [6.45, 7) is 4.74. The molecular weight excluding hydrogens is 414 g/mol. The van der Waals surface area contributed by atoms with Crippen LogP contribution < -0.4 is 15.6 Å². The van der Waals surface area contributed by atoms with Crippen LogP contribution in [0, 0.1) is 6.92 Å². The quantitative estimate of drug-likeness (QED) is 0.308. The van der Waals surface area contributed by atoms with Crippen molar-refractivity contribution in [1.82, 2.24) is 9.55 Å². The molecule has 0 spiro atoms. The number of thioether (sulfide) groups is 1. The summed E-state index contributed by atoms with van der Waals surface area (Å²) in [6.07, 6.45) is 0.672. The summed E-state index contributed by atoms with van der Waals surface area (Å²) >= 11 is 1.26. The van der Waals surface area contributed by atoms with E-state index in [4.69, 9.17) is 9.47 Å². The molecule has 7 nitrogen and oxygen atoms in total. The molecule has 0 saturated carbocycles. The Morgan fingerprint density at radius 2 is 2.00 bits per heavy atom. The molecule has 164 valence electrons. The third kappa shape index (κ3) is 5.45. The maximum absolute atomic E-state index is 13.1. The molecule has 0 radical (unpaired) electrons. The molecule has 1 unspecified atom stereocenters. The van der Waals surface area contributed by atoms with Crippen molar-refractivity contribution in [2.45, 2.75) is 37.2 Å². The Kier molecular flexibility index (Phi) is 7.70. The highest BCUT2D eigenvalue weighted by molar-refractivity contribution is 8.00. The van der Waals surface area contributed by atoms with Crippen molar-refractivity contribution < 1.29 is 14.3 Å². The van der Waals surface area contributed by atoms with Crippen LogP contribution >= 0.6 is 11.8 Å². The lowest BCUT2D eigenvalue weighted by atomic mass is 10.2. The summed E-state index contributed by atoms with van der Waals surface area (Å²) < 4.78 is 12.1. The van der Waals surface area contributed by atoms with Crippen LogP contribution in [0.2, 0.25) is 0 Å². The number of nitrogens with one attached hydrogen (secondary N) is 1. The van der Waals surface area contributed by atoms with Crippen LogP contribution in [-0.4, -0.2) is 41.5 Å². The molecule has 0 aliphatic rings. The molecule has 0 bridgehead atoms. The topological polar surface area (TPSA) is 82.4 Å². The number of hydrogen-bond donors (Lipinski definition) is 1. The van der Waals surface area contributed by atoms with Crippen LogP contribution in [0.3, 0.4) is 0 Å². The Balaban J connectivity index is 1.87. The summed E-state index contributed by atoms with van der Waals surface area (Å²) in [7, 11) is 3.19. The van der Waals surface area contributed by atoms with Gasteiger partial charge in [0, 0.05) is 20.3 Å². The van der Waals surface area contributed by atoms with Gasteiger partial charge in [-0.1, -0.05) is 30.0 Å². The highest BCUT2D eigenvalue weighted by Gasteiger charge is 2.20. The normalized spacial score (nSPS) is 12.0. The van der Waals surface area contributed by atoms with Gasteiger partial charge in [-0.2, -0.15) is 0 Å². The first-order valence-corrected chi connectivity index (χ1v) is 10.9. The summed E-state index contributed by atoms with van der Waals surface area (Å²) in [5.41, 5.74) is 2.13. The number of fused-ring (bicyclic) bond motifs is 1. The van der Waals surface area contributed by atoms with E-state index in [-0.39, 0.29) is 11.5 Å². The minimum absolute atomic E-state index is 0.114. The second-order valence-electron chi connectivity index (χ2n) is 7.17. The molecule has 31 heavy (non-hydrogen) atoms. The minimum Gasteiger partial charge on any atom is -0.495 e. The van der Waals surface area contributed by atoms with Gasteiger partial charge in [0.2, 0.25) is 5.91 Å². The van der Waals surface area contributed by atoms with E-state index >= 15 is 0 Å². The van der Waals surface area contributed by atoms with Gasteiger partial charge >= 0.3 is 0 Å². The summed E-state index contributed by atoms with van der Waals surface area (Å²) in [6, 6.07) is 12.9. The molecule has 0 saturated heterocycles. The maximum atomic E-state index is 13.1. The number of ether oxygens (including phenoxy) is 2. The van der Waals surface area contributed by atoms with E-state index in [1.54, 1.807) is 31.8 Å². The molecule has 3 aromatic rings. The van der Waals surface area contributed by atoms with Crippen molar-refractivity contribution in [1.29, 1.82) is 0 Å². The van der Waals surface area contributed by atoms with E-state index in [0.717, 1.165) is 5.56 Å². The lowest BCUT2D eigenvalue weighted by Gasteiger charge is -2.17. The van der Waals surface area contributed by atoms with E-state index in [2.05, 4.69) is 10.3 Å². The van der Waals surface area contributed by atoms with Crippen molar-refractivity contribution in [3.8, 4) is 5.75 Å². The van der Waals surface area contributed by atoms with E-state index in [9.17, 15) is 9.59 Å². The summed E-state index contributed by atoms with van der Waals surface area (Å²) in [4.78, 5) is 30.6. The Hall–Kier alpha value is -2.84. The molecule has 1 atom stereocenters. The molecule has 0 fully saturated rings. The number of carbonyl (C=O) groups is 1. The van der Waals surface area contributed by atoms with Gasteiger partial charge in [0.1, 0.15) is 5.75 Å². The van der Waals surface area contributed by atoms with Gasteiger partial charge in [0.15, 0.2) is 5.16 Å². The third-order valence-corrected chi connectivity index (χ3v) is 5.91. The lowest BCUT2D eigenvalue weighted by Crippen LogP contribution is -2.27. The number of nitrogens with zero attached hydrogens (tertiary/aromatic N) is 2. The fraction of sp³-hybridized carbons (Fsp3) is 0.348. The predicted molar refractivity (Wildman–Crippen MR) is 124 cm³/mol. The Morgan fingerprint density at radius 3 is 2.74 bits per heavy atom. The van der Waals surface area contributed by atoms with Crippen molar-refractivity contribution in [3.05, 3.63) is 58.4 Å². The van der Waals surface area contributed by atoms with Gasteiger partial charge in [0.05, 0.1) is 29.0 Å². The van der Waals surface area contributed by atoms with E-state index in [1.807, 2.05) is 43.3 Å². The number of anilines is 1. The van der Waals surface area contributed by atoms with Crippen molar-refractivity contribution in [2.75, 3.05) is 26.1 Å². The molecule has 1 N–H and O–H groups in total. The molecule has 1 heterocycles. The van der Waals surface area contributed by atoms with Crippen molar-refractivity contribution in [3.63, 3.8) is 0 Å². The SMILES string of the molecule is COCCCn1c(SC(C)C(=O)Nc2cc(C)ccc2OC)nc2ccccc2c1=O. The monoisotopic (exact) mass is 441 g/mol. The third-order valence-electron chi connectivity index (χ3n) is 4.82. The second-order valence-corrected chi connectivity index (χ2v) is 8.48. The predicted octanol–water partition coefficient (Wildman–Crippen LogP) is 3.87. The van der Waals surface area contributed by atoms with E-state index in [0.29, 0.717) is 47.1 Å². The lowest BCUT2D eigenvalue weighted by molar-refractivity contribution is -0.115. The number of hydrogen-bond acceptors (Lipinski definition) is 6. The fourth-order valence-electron chi connectivity index (χ4n) is 3.17. The zero-order chi connectivity index (χ0) is 22.4. The number of para-hydroxylation sites is 1. The minimum atomic E-state index is -0.480. The molecule has 3 rings (SSSR count). The number of aryl methyl sites for hydroxylation is 1. The zero-order valence-electron chi connectivity index (χ0n) is 18.2. The fourth-order valence-corrected chi connectivity index (χ4v) is 4.10. The average molecular weight is 442 g/mol. The Labute approximate surface area is 185 Å². The zero-order valence-corrected chi connectivity index (χ0v) is 19.0. The van der Waals surface area contributed by atoms with Crippen LogP contribution in [-0.2, 0) is 16.1 Å². The Morgan fingerprint density at radius 1 is 1.23 bits per heavy atom. The van der Waals surface area contributed by atoms with E-state index < -0.39 is 5.25 Å². The van der Waals surface area contributed by atoms with Crippen molar-refractivity contribution in [2.24, 2.45) is 0 Å². The maximum Gasteiger partial charge on any atom is 0.262 e. The first kappa shape index (κ1) is 22.8. The largest absolute Gasteiger partial charge is 0.495 e. The number of rotatable bonds is 9. The van der Waals surface area contributed by atoms with Crippen molar-refractivity contribution >= 4 is 34.3 Å². The van der Waals surface area contributed by atoms with Crippen LogP contribution in [0.25, 0.3) is 10.9 Å². The molecule has 1 amide bonds. The number of amides is 1. The van der Waals surface area contributed by atoms with Crippen LogP contribution in [0.1, 0.15) is 18.9 Å². The first-order chi connectivity index (χ1) is 14.9. The first-order valence-electron chi connectivity index (χ1n) is 10.0. The Bertz CT molecular complexity index is 1130. The summed E-state index contributed by atoms with van der Waals surface area (Å²) in [5.74, 6) is 0.399. The number of aromatic nitrogens is 2.